The van der Waals surface area contributed by atoms with E-state index < -0.39 is 23.3 Å². The smallest absolute Gasteiger partial charge is 0.335 e. The van der Waals surface area contributed by atoms with Crippen LogP contribution in [0, 0.1) is 6.92 Å². The van der Waals surface area contributed by atoms with Gasteiger partial charge in [0, 0.05) is 179 Å². The molecule has 8 aromatic carbocycles. The fourth-order valence-corrected chi connectivity index (χ4v) is 21.0. The molecule has 125 heavy (non-hydrogen) atoms. The fraction of sp³-hybridized carbons (Fsp3) is 0.346. The molecule has 8 aromatic rings. The number of allylic oxidation sites excluding steroid dienone is 16. The molecule has 17 nitrogen and oxygen atoms in total. The van der Waals surface area contributed by atoms with Gasteiger partial charge in [0.05, 0.1) is 32.8 Å². The standard InChI is InChI=1S/C28H34N2O3S.C27H35N4.C27H28N2O4.C25H29N2/c1-8-29-23-15-13-19(3)17-21(23)27(4,5)25(29)11-10-12-26-28(6,7)22-18-20(33-34(31)32)14-16-24(22)30(26)9-2;1-26(2)20-14-18(16-28)10-12-22(20)30(5)24(26)8-7-9-25-27(3,4)21-15-19(17-29)11-13-23(21)31(25)6;1-26(2)18-14-16(24(30)31)10-12-20(18)28(5)22(26)8-7-9-23-27(3,4)19-15-17(25(32)33)11-13-21(19)29(23)6;1-24(2)18-12-7-9-14-20(18)26(5)22(24)16-11-17-23-25(3,4)19-13-8-10-15-21(19)27(23)6/h10-18H,8-9H2,1-7H3;7-15H,16-17,28-29H2,1-6H3;7-15H,1-6H3,(H-,30,31,32,33);7-17H,1-6H3/q;+1;;+1/p+1. The molecule has 0 radical (unpaired) electrons. The van der Waals surface area contributed by atoms with Crippen LogP contribution in [-0.2, 0) is 67.8 Å². The lowest BCUT2D eigenvalue weighted by Crippen LogP contribution is -2.28. The first-order chi connectivity index (χ1) is 58.8. The Morgan fingerprint density at radius 3 is 1.26 bits per heavy atom. The lowest BCUT2D eigenvalue weighted by molar-refractivity contribution is -0.433. The molecule has 0 fully saturated rings. The monoisotopic (exact) mass is 1700 g/mol. The van der Waals surface area contributed by atoms with Crippen molar-refractivity contribution >= 4 is 91.6 Å². The molecule has 6 N–H and O–H groups in total. The summed E-state index contributed by atoms with van der Waals surface area (Å²) in [5.41, 5.74) is 44.0. The largest absolute Gasteiger partial charge is 0.740 e. The summed E-state index contributed by atoms with van der Waals surface area (Å²) in [6, 6.07) is 53.3. The highest BCUT2D eigenvalue weighted by molar-refractivity contribution is 7.74. The van der Waals surface area contributed by atoms with E-state index in [0.29, 0.717) is 18.8 Å². The molecule has 0 aliphatic carbocycles. The zero-order chi connectivity index (χ0) is 91.1. The molecule has 0 spiro atoms. The number of benzene rings is 8. The van der Waals surface area contributed by atoms with Gasteiger partial charge in [0.15, 0.2) is 22.8 Å². The summed E-state index contributed by atoms with van der Waals surface area (Å²) in [6.45, 7) is 45.1. The molecule has 0 saturated carbocycles. The summed E-state index contributed by atoms with van der Waals surface area (Å²) >= 11 is -2.59. The third kappa shape index (κ3) is 16.0. The van der Waals surface area contributed by atoms with Crippen molar-refractivity contribution in [3.05, 3.63) is 326 Å². The van der Waals surface area contributed by atoms with E-state index in [1.54, 1.807) is 30.3 Å². The minimum Gasteiger partial charge on any atom is -0.740 e. The summed E-state index contributed by atoms with van der Waals surface area (Å²) in [5, 5.41) is 18.8. The minimum atomic E-state index is -2.59. The molecule has 0 bridgehead atoms. The van der Waals surface area contributed by atoms with Gasteiger partial charge in [-0.25, -0.2) is 13.8 Å². The SMILES string of the molecule is CCN1C(=CC=CC2=[N+](CC)c3ccc(OS(=O)[O-])cc3C2(C)C)C(C)(C)c2cc(C)ccc21.CN1/C(=C/C=C/C2=[N+](C)c3ccc(C(=O)O)cc3C2(C)C)C(C)(C)c2cc(C(=O)O)ccc21.CN1/C(=C/C=C/C2=[N+](C)c3ccc(CN)cc3C2(C)C)C(C)(C)c2cc(CN)ccc21.CN1/C(=C/C=C/C2=[N+](C)c3ccccc3C2(C)C)C(C)(C)c2ccccc21. The number of anilines is 4. The van der Waals surface area contributed by atoms with Crippen LogP contribution in [0.1, 0.15) is 207 Å². The van der Waals surface area contributed by atoms with Crippen LogP contribution in [0.3, 0.4) is 0 Å². The van der Waals surface area contributed by atoms with Crippen LogP contribution >= 0.6 is 0 Å². The number of aromatic carboxylic acids is 2. The normalized spacial score (nSPS) is 20.2. The quantitative estimate of drug-likeness (QED) is 0.0526. The minimum absolute atomic E-state index is 0.0143. The molecule has 8 aliphatic rings. The van der Waals surface area contributed by atoms with Gasteiger partial charge in [-0.1, -0.05) is 152 Å². The number of nitrogens with zero attached hydrogens (tertiary/aromatic N) is 8. The number of fused-ring (bicyclic) bond motifs is 8. The Hall–Kier alpha value is -11.7. The number of hydrogen-bond acceptors (Lipinski definition) is 11. The molecular formula is C107H127N10O7S+3. The van der Waals surface area contributed by atoms with Gasteiger partial charge in [-0.05, 0) is 201 Å². The van der Waals surface area contributed by atoms with E-state index >= 15 is 0 Å². The Kier molecular flexibility index (Phi) is 24.8. The maximum Gasteiger partial charge on any atom is 0.335 e. The molecule has 1 unspecified atom stereocenters. The first-order valence-corrected chi connectivity index (χ1v) is 44.4. The van der Waals surface area contributed by atoms with Crippen molar-refractivity contribution in [3.63, 3.8) is 0 Å². The summed E-state index contributed by atoms with van der Waals surface area (Å²) in [6.07, 6.45) is 26.3. The molecule has 0 saturated heterocycles. The third-order valence-corrected chi connectivity index (χ3v) is 28.2. The average molecular weight is 1700 g/mol. The topological polar surface area (TPSA) is 201 Å². The summed E-state index contributed by atoms with van der Waals surface area (Å²) in [5.74, 6) is -1.52. The number of likely N-dealkylation sites (N-methyl/N-ethyl adjacent to an activating group) is 4. The zero-order valence-corrected chi connectivity index (χ0v) is 78.7. The lowest BCUT2D eigenvalue weighted by Gasteiger charge is -2.25. The van der Waals surface area contributed by atoms with E-state index in [1.807, 2.05) is 44.4 Å². The van der Waals surface area contributed by atoms with E-state index in [2.05, 4.69) is 368 Å². The van der Waals surface area contributed by atoms with E-state index in [-0.39, 0.29) is 54.4 Å². The number of para-hydroxylation sites is 2. The Morgan fingerprint density at radius 1 is 0.408 bits per heavy atom. The molecular weight excluding hydrogens is 1570 g/mol. The van der Waals surface area contributed by atoms with Gasteiger partial charge >= 0.3 is 11.9 Å². The van der Waals surface area contributed by atoms with Gasteiger partial charge < -0.3 is 50.0 Å². The van der Waals surface area contributed by atoms with Gasteiger partial charge in [0.2, 0.25) is 22.7 Å². The molecule has 18 heteroatoms. The number of carboxylic acid groups (broad SMARTS) is 2. The van der Waals surface area contributed by atoms with E-state index in [1.165, 1.54) is 107 Å². The number of hydrogen-bond donors (Lipinski definition) is 4. The number of carbonyl (C=O) groups is 2. The van der Waals surface area contributed by atoms with Crippen molar-refractivity contribution in [1.29, 1.82) is 0 Å². The summed E-state index contributed by atoms with van der Waals surface area (Å²) < 4.78 is 36.0. The van der Waals surface area contributed by atoms with Gasteiger partial charge in [-0.3, -0.25) is 0 Å². The molecule has 8 heterocycles. The number of aryl methyl sites for hydroxylation is 1. The number of rotatable bonds is 16. The van der Waals surface area contributed by atoms with Gasteiger partial charge in [-0.15, -0.1) is 0 Å². The van der Waals surface area contributed by atoms with Crippen LogP contribution in [0.2, 0.25) is 0 Å². The maximum atomic E-state index is 11.5. The molecule has 8 aliphatic heterocycles. The molecule has 1 atom stereocenters. The van der Waals surface area contributed by atoms with Crippen molar-refractivity contribution < 1.29 is 51.0 Å². The van der Waals surface area contributed by atoms with Gasteiger partial charge in [-0.2, -0.15) is 18.3 Å². The molecule has 0 amide bonds. The van der Waals surface area contributed by atoms with E-state index in [0.717, 1.165) is 58.3 Å². The van der Waals surface area contributed by atoms with Crippen molar-refractivity contribution in [3.8, 4) is 5.75 Å². The second-order valence-electron chi connectivity index (χ2n) is 38.2. The Bertz CT molecular complexity index is 6170. The first kappa shape index (κ1) is 91.0. The molecule has 650 valence electrons. The predicted octanol–water partition coefficient (Wildman–Crippen LogP) is 20.8. The van der Waals surface area contributed by atoms with Crippen molar-refractivity contribution in [2.45, 2.75) is 188 Å². The van der Waals surface area contributed by atoms with Crippen LogP contribution in [0.4, 0.5) is 45.5 Å². The second-order valence-corrected chi connectivity index (χ2v) is 38.8. The zero-order valence-electron chi connectivity index (χ0n) is 77.8. The highest BCUT2D eigenvalue weighted by atomic mass is 32.2. The van der Waals surface area contributed by atoms with Gasteiger partial charge in [0.1, 0.15) is 44.8 Å². The summed E-state index contributed by atoms with van der Waals surface area (Å²) in [7, 11) is 12.6. The van der Waals surface area contributed by atoms with E-state index in [4.69, 9.17) is 15.7 Å². The molecule has 0 aromatic heterocycles. The van der Waals surface area contributed by atoms with Crippen LogP contribution in [0.25, 0.3) is 0 Å². The molecule has 16 rings (SSSR count). The second kappa shape index (κ2) is 34.0. The number of nitrogens with two attached hydrogens (primary N) is 2. The summed E-state index contributed by atoms with van der Waals surface area (Å²) in [4.78, 5) is 32.0. The number of carboxylic acids is 2. The predicted molar refractivity (Wildman–Crippen MR) is 515 cm³/mol. The third-order valence-electron chi connectivity index (χ3n) is 27.8. The van der Waals surface area contributed by atoms with Crippen LogP contribution in [-0.4, -0.2) is 127 Å². The van der Waals surface area contributed by atoms with Crippen molar-refractivity contribution in [2.75, 3.05) is 75.0 Å². The maximum absolute atomic E-state index is 11.5. The van der Waals surface area contributed by atoms with Gasteiger partial charge in [0.25, 0.3) is 0 Å². The average Bonchev–Trinajstić information content (AvgIpc) is 1.60. The van der Waals surface area contributed by atoms with Crippen molar-refractivity contribution in [1.82, 2.24) is 0 Å². The Labute approximate surface area is 744 Å². The van der Waals surface area contributed by atoms with E-state index in [9.17, 15) is 28.6 Å². The van der Waals surface area contributed by atoms with Crippen LogP contribution in [0.5, 0.6) is 5.75 Å². The Morgan fingerprint density at radius 2 is 0.768 bits per heavy atom. The first-order valence-electron chi connectivity index (χ1n) is 43.4. The van der Waals surface area contributed by atoms with Crippen LogP contribution in [0.15, 0.2) is 253 Å². The fourth-order valence-electron chi connectivity index (χ4n) is 20.7. The highest BCUT2D eigenvalue weighted by Gasteiger charge is 2.49. The lowest BCUT2D eigenvalue weighted by atomic mass is 9.80. The van der Waals surface area contributed by atoms with Crippen LogP contribution < -0.4 is 35.3 Å². The highest BCUT2D eigenvalue weighted by Crippen LogP contribution is 2.53. The Balaban J connectivity index is 0.000000143. The van der Waals surface area contributed by atoms with Crippen molar-refractivity contribution in [2.24, 2.45) is 11.5 Å².